The fraction of sp³-hybridized carbons (Fsp3) is 0.545. The zero-order valence-corrected chi connectivity index (χ0v) is 26.8. The van der Waals surface area contributed by atoms with E-state index >= 15 is 0 Å². The molecule has 1 aromatic carbocycles. The SMILES string of the molecule is CCCC[C@H](C(=O)/C=C/[C@@H]1[C@@H](C/C=C\CCCC(=O)OC)[C@@H](OC(C)=O)C[C@H]1OC(C)=O)N(C(=O)OCc1ccccc1)[N+](=O)[O-]. The van der Waals surface area contributed by atoms with Crippen LogP contribution in [0.4, 0.5) is 4.79 Å². The number of nitro groups is 1. The van der Waals surface area contributed by atoms with Gasteiger partial charge < -0.3 is 18.9 Å². The van der Waals surface area contributed by atoms with Crippen LogP contribution >= 0.6 is 0 Å². The van der Waals surface area contributed by atoms with Crippen molar-refractivity contribution in [2.24, 2.45) is 11.8 Å². The topological polar surface area (TPSA) is 169 Å². The molecule has 1 aliphatic rings. The molecule has 13 nitrogen and oxygen atoms in total. The van der Waals surface area contributed by atoms with Gasteiger partial charge in [-0.05, 0) is 42.3 Å². The Morgan fingerprint density at radius 1 is 1.02 bits per heavy atom. The van der Waals surface area contributed by atoms with Gasteiger partial charge in [-0.15, -0.1) is 0 Å². The van der Waals surface area contributed by atoms with Gasteiger partial charge >= 0.3 is 24.0 Å². The first kappa shape index (κ1) is 37.6. The van der Waals surface area contributed by atoms with Crippen molar-refractivity contribution >= 4 is 29.8 Å². The number of nitrogens with zero attached hydrogens (tertiary/aromatic N) is 2. The lowest BCUT2D eigenvalue weighted by atomic mass is 9.89. The molecule has 252 valence electrons. The van der Waals surface area contributed by atoms with Crippen LogP contribution < -0.4 is 0 Å². The summed E-state index contributed by atoms with van der Waals surface area (Å²) in [5.74, 6) is -3.07. The maximum absolute atomic E-state index is 13.6. The summed E-state index contributed by atoms with van der Waals surface area (Å²) in [6.45, 7) is 4.16. The van der Waals surface area contributed by atoms with Crippen LogP contribution in [0.15, 0.2) is 54.6 Å². The van der Waals surface area contributed by atoms with Crippen molar-refractivity contribution in [1.82, 2.24) is 5.01 Å². The number of carbonyl (C=O) groups is 5. The molecule has 5 atom stereocenters. The number of unbranched alkanes of at least 4 members (excludes halogenated alkanes) is 2. The maximum atomic E-state index is 13.6. The van der Waals surface area contributed by atoms with Crippen molar-refractivity contribution in [2.75, 3.05) is 7.11 Å². The Morgan fingerprint density at radius 2 is 1.70 bits per heavy atom. The highest BCUT2D eigenvalue weighted by atomic mass is 16.7. The molecule has 46 heavy (non-hydrogen) atoms. The number of hydrogen-bond acceptors (Lipinski definition) is 11. The van der Waals surface area contributed by atoms with Crippen molar-refractivity contribution in [3.8, 4) is 0 Å². The number of hydrogen-bond donors (Lipinski definition) is 0. The largest absolute Gasteiger partial charge is 0.469 e. The minimum Gasteiger partial charge on any atom is -0.469 e. The molecule has 0 aliphatic heterocycles. The highest BCUT2D eigenvalue weighted by Crippen LogP contribution is 2.40. The number of ketones is 1. The third kappa shape index (κ3) is 12.4. The number of amides is 1. The lowest BCUT2D eigenvalue weighted by Gasteiger charge is -2.23. The second-order valence-corrected chi connectivity index (χ2v) is 11.0. The number of allylic oxidation sites excluding steroid dienone is 2. The van der Waals surface area contributed by atoms with Crippen LogP contribution in [0.3, 0.4) is 0 Å². The van der Waals surface area contributed by atoms with E-state index in [0.29, 0.717) is 37.7 Å². The molecule has 13 heteroatoms. The lowest BCUT2D eigenvalue weighted by molar-refractivity contribution is -0.640. The number of rotatable bonds is 18. The molecule has 0 spiro atoms. The Kier molecular flexibility index (Phi) is 16.2. The van der Waals surface area contributed by atoms with Crippen molar-refractivity contribution in [3.63, 3.8) is 0 Å². The van der Waals surface area contributed by atoms with E-state index < -0.39 is 58.9 Å². The fourth-order valence-electron chi connectivity index (χ4n) is 5.38. The van der Waals surface area contributed by atoms with Gasteiger partial charge in [-0.3, -0.25) is 19.2 Å². The van der Waals surface area contributed by atoms with E-state index in [1.807, 2.05) is 19.1 Å². The Bertz CT molecular complexity index is 1250. The Labute approximate surface area is 269 Å². The van der Waals surface area contributed by atoms with Crippen LogP contribution in [0.5, 0.6) is 0 Å². The van der Waals surface area contributed by atoms with Gasteiger partial charge in [0.15, 0.2) is 16.9 Å². The van der Waals surface area contributed by atoms with Crippen LogP contribution in [-0.4, -0.2) is 65.2 Å². The van der Waals surface area contributed by atoms with E-state index in [-0.39, 0.29) is 36.8 Å². The first-order valence-electron chi connectivity index (χ1n) is 15.4. The molecule has 2 rings (SSSR count). The summed E-state index contributed by atoms with van der Waals surface area (Å²) in [5.41, 5.74) is 0.624. The Balaban J connectivity index is 2.31. The quantitative estimate of drug-likeness (QED) is 0.0387. The molecule has 1 fully saturated rings. The van der Waals surface area contributed by atoms with E-state index in [4.69, 9.17) is 14.2 Å². The lowest BCUT2D eigenvalue weighted by Crippen LogP contribution is -2.48. The second kappa shape index (κ2) is 19.8. The summed E-state index contributed by atoms with van der Waals surface area (Å²) in [5, 5.41) is 11.3. The van der Waals surface area contributed by atoms with Crippen molar-refractivity contribution < 1.29 is 48.0 Å². The molecule has 1 saturated carbocycles. The van der Waals surface area contributed by atoms with Crippen LogP contribution in [0, 0.1) is 22.0 Å². The Hall–Kier alpha value is -4.55. The van der Waals surface area contributed by atoms with Gasteiger partial charge in [-0.1, -0.05) is 68.3 Å². The first-order valence-corrected chi connectivity index (χ1v) is 15.4. The number of benzene rings is 1. The maximum Gasteiger partial charge on any atom is 0.469 e. The highest BCUT2D eigenvalue weighted by molar-refractivity contribution is 5.95. The molecule has 1 amide bonds. The number of esters is 3. The average molecular weight is 645 g/mol. The number of methoxy groups -OCH3 is 1. The summed E-state index contributed by atoms with van der Waals surface area (Å²) in [4.78, 5) is 73.7. The van der Waals surface area contributed by atoms with Crippen LogP contribution in [0.2, 0.25) is 0 Å². The monoisotopic (exact) mass is 644 g/mol. The standard InChI is InChI=1S/C33H44N2O11/c1-5-6-17-28(34(35(41)42)33(40)44-22-25-14-10-9-11-15-25)29(38)20-19-27-26(16-12-7-8-13-18-32(39)43-4)30(45-23(2)36)21-31(27)46-24(3)37/h7,9-12,14-15,19-20,26-28,30-31H,5-6,8,13,16-18,21-22H2,1-4H3/b12-7-,20-19+/t26-,27-,28-,30+,31-/m1/s1. The van der Waals surface area contributed by atoms with Gasteiger partial charge in [0.05, 0.1) is 7.11 Å². The summed E-state index contributed by atoms with van der Waals surface area (Å²) >= 11 is 0. The van der Waals surface area contributed by atoms with E-state index in [1.165, 1.54) is 33.1 Å². The third-order valence-electron chi connectivity index (χ3n) is 7.56. The third-order valence-corrected chi connectivity index (χ3v) is 7.56. The molecule has 0 saturated heterocycles. The fourth-order valence-corrected chi connectivity index (χ4v) is 5.38. The molecule has 0 bridgehead atoms. The molecule has 0 heterocycles. The molecule has 0 aromatic heterocycles. The molecule has 0 unspecified atom stereocenters. The zero-order chi connectivity index (χ0) is 34.1. The van der Waals surface area contributed by atoms with Crippen LogP contribution in [0.1, 0.15) is 77.7 Å². The molecule has 1 aliphatic carbocycles. The van der Waals surface area contributed by atoms with E-state index in [9.17, 15) is 34.1 Å². The minimum atomic E-state index is -1.44. The van der Waals surface area contributed by atoms with Crippen LogP contribution in [0.25, 0.3) is 0 Å². The second-order valence-electron chi connectivity index (χ2n) is 11.0. The predicted molar refractivity (Wildman–Crippen MR) is 165 cm³/mol. The first-order chi connectivity index (χ1) is 22.0. The molecule has 1 aromatic rings. The summed E-state index contributed by atoms with van der Waals surface area (Å²) in [7, 11) is 1.32. The van der Waals surface area contributed by atoms with E-state index in [1.54, 1.807) is 30.3 Å². The zero-order valence-electron chi connectivity index (χ0n) is 26.8. The molecular formula is C33H44N2O11. The van der Waals surface area contributed by atoms with Gasteiger partial charge in [0, 0.05) is 38.5 Å². The van der Waals surface area contributed by atoms with Gasteiger partial charge in [0.2, 0.25) is 0 Å². The molecule has 0 N–H and O–H groups in total. The van der Waals surface area contributed by atoms with Gasteiger partial charge in [-0.25, -0.2) is 14.9 Å². The smallest absolute Gasteiger partial charge is 0.469 e. The predicted octanol–water partition coefficient (Wildman–Crippen LogP) is 5.29. The van der Waals surface area contributed by atoms with Gasteiger partial charge in [-0.2, -0.15) is 0 Å². The summed E-state index contributed by atoms with van der Waals surface area (Å²) < 4.78 is 20.9. The van der Waals surface area contributed by atoms with Crippen molar-refractivity contribution in [1.29, 1.82) is 0 Å². The van der Waals surface area contributed by atoms with Gasteiger partial charge in [0.25, 0.3) is 0 Å². The molecular weight excluding hydrogens is 600 g/mol. The minimum absolute atomic E-state index is 0.0208. The van der Waals surface area contributed by atoms with Crippen molar-refractivity contribution in [3.05, 3.63) is 70.3 Å². The summed E-state index contributed by atoms with van der Waals surface area (Å²) in [6, 6.07) is 7.20. The average Bonchev–Trinajstić information content (AvgIpc) is 3.32. The highest BCUT2D eigenvalue weighted by Gasteiger charge is 2.45. The van der Waals surface area contributed by atoms with E-state index in [0.717, 1.165) is 0 Å². The number of ether oxygens (including phenoxy) is 4. The number of hydrazine groups is 1. The van der Waals surface area contributed by atoms with E-state index in [2.05, 4.69) is 4.74 Å². The van der Waals surface area contributed by atoms with Gasteiger partial charge in [0.1, 0.15) is 18.8 Å². The van der Waals surface area contributed by atoms with Crippen molar-refractivity contribution in [2.45, 2.75) is 97.0 Å². The van der Waals surface area contributed by atoms with Crippen LogP contribution in [-0.2, 0) is 44.7 Å². The number of carbonyl (C=O) groups excluding carboxylic acids is 5. The Morgan fingerprint density at radius 3 is 2.30 bits per heavy atom. The normalized spacial score (nSPS) is 19.8. The summed E-state index contributed by atoms with van der Waals surface area (Å²) in [6.07, 6.45) is 6.91. The molecule has 0 radical (unpaired) electrons.